The monoisotopic (exact) mass is 474 g/mol. The molecule has 0 amide bonds. The Morgan fingerprint density at radius 2 is 1.48 bits per heavy atom. The predicted molar refractivity (Wildman–Crippen MR) is 123 cm³/mol. The second-order valence-corrected chi connectivity index (χ2v) is 7.68. The van der Waals surface area contributed by atoms with Gasteiger partial charge in [-0.2, -0.15) is 0 Å². The van der Waals surface area contributed by atoms with Crippen molar-refractivity contribution in [3.8, 4) is 5.75 Å². The number of carbonyl (C=O) groups is 2. The molecule has 158 valence electrons. The van der Waals surface area contributed by atoms with Gasteiger partial charge in [0.25, 0.3) is 0 Å². The molecule has 0 radical (unpaired) electrons. The highest BCUT2D eigenvalue weighted by Crippen LogP contribution is 2.26. The van der Waals surface area contributed by atoms with Crippen LogP contribution in [0.3, 0.4) is 0 Å². The largest absolute Gasteiger partial charge is 0.489 e. The highest BCUT2D eigenvalue weighted by Gasteiger charge is 2.09. The molecule has 4 nitrogen and oxygen atoms in total. The maximum atomic E-state index is 12.0. The van der Waals surface area contributed by atoms with Crippen molar-refractivity contribution in [2.24, 2.45) is 0 Å². The number of halogens is 3. The molecule has 0 aliphatic rings. The molecule has 0 N–H and O–H groups in total. The number of Topliss-reactive ketones (excluding diaryl/α,β-unsaturated/α-hetero) is 1. The number of hydrogen-bond donors (Lipinski definition) is 0. The Kier molecular flexibility index (Phi) is 8.13. The second kappa shape index (κ2) is 11.0. The third-order valence-corrected chi connectivity index (χ3v) is 5.21. The maximum absolute atomic E-state index is 12.0. The summed E-state index contributed by atoms with van der Waals surface area (Å²) in [5.74, 6) is -0.293. The van der Waals surface area contributed by atoms with Crippen molar-refractivity contribution in [1.82, 2.24) is 0 Å². The lowest BCUT2D eigenvalue weighted by molar-refractivity contribution is -0.136. The van der Waals surface area contributed by atoms with Gasteiger partial charge in [0.15, 0.2) is 12.4 Å². The average molecular weight is 476 g/mol. The standard InChI is InChI=1S/C24H17Cl3O4/c25-18-9-7-17(8-10-18)23(28)15-31-24(29)13-6-16-4-11-19(12-5-16)30-14-20-21(26)2-1-3-22(20)27/h1-13H,14-15H2/b13-6+. The van der Waals surface area contributed by atoms with E-state index in [-0.39, 0.29) is 19.0 Å². The first-order valence-corrected chi connectivity index (χ1v) is 10.3. The number of carbonyl (C=O) groups excluding carboxylic acids is 2. The van der Waals surface area contributed by atoms with E-state index in [9.17, 15) is 9.59 Å². The van der Waals surface area contributed by atoms with Crippen molar-refractivity contribution in [1.29, 1.82) is 0 Å². The van der Waals surface area contributed by atoms with Gasteiger partial charge >= 0.3 is 5.97 Å². The number of ketones is 1. The van der Waals surface area contributed by atoms with Crippen molar-refractivity contribution < 1.29 is 19.1 Å². The number of hydrogen-bond acceptors (Lipinski definition) is 4. The third kappa shape index (κ3) is 6.86. The molecule has 0 heterocycles. The SMILES string of the molecule is O=C(/C=C/c1ccc(OCc2c(Cl)cccc2Cl)cc1)OCC(=O)c1ccc(Cl)cc1. The summed E-state index contributed by atoms with van der Waals surface area (Å²) in [6.07, 6.45) is 2.85. The fourth-order valence-corrected chi connectivity index (χ4v) is 3.20. The summed E-state index contributed by atoms with van der Waals surface area (Å²) in [6, 6.07) is 18.7. The fraction of sp³-hybridized carbons (Fsp3) is 0.0833. The third-order valence-electron chi connectivity index (χ3n) is 4.25. The highest BCUT2D eigenvalue weighted by molar-refractivity contribution is 6.36. The highest BCUT2D eigenvalue weighted by atomic mass is 35.5. The first-order chi connectivity index (χ1) is 14.9. The first kappa shape index (κ1) is 22.9. The van der Waals surface area contributed by atoms with Crippen molar-refractivity contribution in [3.05, 3.63) is 105 Å². The lowest BCUT2D eigenvalue weighted by Crippen LogP contribution is -2.12. The number of esters is 1. The van der Waals surface area contributed by atoms with Crippen molar-refractivity contribution in [3.63, 3.8) is 0 Å². The average Bonchev–Trinajstić information content (AvgIpc) is 2.77. The Morgan fingerprint density at radius 1 is 0.839 bits per heavy atom. The van der Waals surface area contributed by atoms with Gasteiger partial charge in [-0.15, -0.1) is 0 Å². The molecule has 3 aromatic carbocycles. The van der Waals surface area contributed by atoms with Gasteiger partial charge in [0, 0.05) is 32.3 Å². The minimum atomic E-state index is -0.615. The fourth-order valence-electron chi connectivity index (χ4n) is 2.57. The van der Waals surface area contributed by atoms with Crippen LogP contribution in [0.4, 0.5) is 0 Å². The van der Waals surface area contributed by atoms with Crippen LogP contribution >= 0.6 is 34.8 Å². The smallest absolute Gasteiger partial charge is 0.331 e. The summed E-state index contributed by atoms with van der Waals surface area (Å²) < 4.78 is 10.7. The molecular weight excluding hydrogens is 459 g/mol. The van der Waals surface area contributed by atoms with Gasteiger partial charge < -0.3 is 9.47 Å². The molecule has 0 atom stereocenters. The normalized spacial score (nSPS) is 10.8. The quantitative estimate of drug-likeness (QED) is 0.207. The van der Waals surface area contributed by atoms with Gasteiger partial charge in [0.1, 0.15) is 12.4 Å². The topological polar surface area (TPSA) is 52.6 Å². The maximum Gasteiger partial charge on any atom is 0.331 e. The molecule has 3 rings (SSSR count). The van der Waals surface area contributed by atoms with E-state index < -0.39 is 5.97 Å². The van der Waals surface area contributed by atoms with E-state index in [4.69, 9.17) is 44.3 Å². The van der Waals surface area contributed by atoms with Crippen LogP contribution < -0.4 is 4.74 Å². The van der Waals surface area contributed by atoms with Crippen LogP contribution in [-0.4, -0.2) is 18.4 Å². The molecule has 0 bridgehead atoms. The summed E-state index contributed by atoms with van der Waals surface area (Å²) in [5, 5.41) is 1.61. The van der Waals surface area contributed by atoms with Crippen LogP contribution in [0.2, 0.25) is 15.1 Å². The molecule has 7 heteroatoms. The second-order valence-electron chi connectivity index (χ2n) is 6.43. The summed E-state index contributed by atoms with van der Waals surface area (Å²) in [6.45, 7) is -0.107. The van der Waals surface area contributed by atoms with Gasteiger partial charge in [0.2, 0.25) is 0 Å². The van der Waals surface area contributed by atoms with E-state index in [0.29, 0.717) is 31.9 Å². The summed E-state index contributed by atoms with van der Waals surface area (Å²) >= 11 is 18.1. The van der Waals surface area contributed by atoms with Crippen molar-refractivity contribution in [2.75, 3.05) is 6.61 Å². The minimum absolute atomic E-state index is 0.238. The van der Waals surface area contributed by atoms with Crippen LogP contribution in [0.25, 0.3) is 6.08 Å². The summed E-state index contributed by atoms with van der Waals surface area (Å²) in [5.41, 5.74) is 1.91. The summed E-state index contributed by atoms with van der Waals surface area (Å²) in [4.78, 5) is 23.9. The zero-order valence-electron chi connectivity index (χ0n) is 16.2. The van der Waals surface area contributed by atoms with Gasteiger partial charge in [-0.25, -0.2) is 4.79 Å². The van der Waals surface area contributed by atoms with Crippen LogP contribution in [-0.2, 0) is 16.1 Å². The zero-order chi connectivity index (χ0) is 22.2. The van der Waals surface area contributed by atoms with Crippen LogP contribution in [0, 0.1) is 0 Å². The molecule has 0 aliphatic heterocycles. The lowest BCUT2D eigenvalue weighted by atomic mass is 10.1. The number of rotatable bonds is 8. The molecule has 3 aromatic rings. The minimum Gasteiger partial charge on any atom is -0.489 e. The Hall–Kier alpha value is -2.79. The van der Waals surface area contributed by atoms with Crippen LogP contribution in [0.15, 0.2) is 72.8 Å². The van der Waals surface area contributed by atoms with Gasteiger partial charge in [-0.05, 0) is 60.2 Å². The molecule has 0 fully saturated rings. The Bertz CT molecular complexity index is 1070. The molecular formula is C24H17Cl3O4. The zero-order valence-corrected chi connectivity index (χ0v) is 18.5. The Morgan fingerprint density at radius 3 is 2.13 bits per heavy atom. The molecule has 31 heavy (non-hydrogen) atoms. The van der Waals surface area contributed by atoms with Gasteiger partial charge in [-0.1, -0.05) is 53.0 Å². The Balaban J connectivity index is 1.49. The van der Waals surface area contributed by atoms with Crippen LogP contribution in [0.5, 0.6) is 5.75 Å². The van der Waals surface area contributed by atoms with Gasteiger partial charge in [0.05, 0.1) is 0 Å². The van der Waals surface area contributed by atoms with E-state index in [0.717, 1.165) is 5.56 Å². The van der Waals surface area contributed by atoms with E-state index in [1.165, 1.54) is 6.08 Å². The number of benzene rings is 3. The van der Waals surface area contributed by atoms with Gasteiger partial charge in [-0.3, -0.25) is 4.79 Å². The van der Waals surface area contributed by atoms with E-state index in [1.54, 1.807) is 72.8 Å². The Labute approximate surface area is 195 Å². The van der Waals surface area contributed by atoms with E-state index in [2.05, 4.69) is 0 Å². The molecule has 0 aromatic heterocycles. The summed E-state index contributed by atoms with van der Waals surface area (Å²) in [7, 11) is 0. The molecule has 0 unspecified atom stereocenters. The van der Waals surface area contributed by atoms with E-state index in [1.807, 2.05) is 0 Å². The molecule has 0 spiro atoms. The van der Waals surface area contributed by atoms with Crippen molar-refractivity contribution in [2.45, 2.75) is 6.61 Å². The molecule has 0 aliphatic carbocycles. The molecule has 0 saturated heterocycles. The number of ether oxygens (including phenoxy) is 2. The predicted octanol–water partition coefficient (Wildman–Crippen LogP) is 6.67. The van der Waals surface area contributed by atoms with Crippen molar-refractivity contribution >= 4 is 52.6 Å². The lowest BCUT2D eigenvalue weighted by Gasteiger charge is -2.09. The first-order valence-electron chi connectivity index (χ1n) is 9.22. The van der Waals surface area contributed by atoms with Crippen LogP contribution in [0.1, 0.15) is 21.5 Å². The molecule has 0 saturated carbocycles. The van der Waals surface area contributed by atoms with E-state index >= 15 is 0 Å².